The summed E-state index contributed by atoms with van der Waals surface area (Å²) in [4.78, 5) is 19.8. The Morgan fingerprint density at radius 2 is 1.50 bits per heavy atom. The van der Waals surface area contributed by atoms with E-state index in [0.717, 1.165) is 6.92 Å². The van der Waals surface area contributed by atoms with E-state index >= 15 is 0 Å². The van der Waals surface area contributed by atoms with Crippen LogP contribution in [0.1, 0.15) is 13.8 Å². The molecule has 0 aliphatic rings. The zero-order chi connectivity index (χ0) is 14.3. The molecule has 2 amide bonds. The highest BCUT2D eigenvalue weighted by Gasteiger charge is 2.14. The summed E-state index contributed by atoms with van der Waals surface area (Å²) in [5.74, 6) is -0.957. The number of nitrogens with two attached hydrogens (primary N) is 2. The second kappa shape index (κ2) is 6.60. The number of nitrogens with one attached hydrogen (secondary N) is 1. The maximum atomic E-state index is 11.4. The zero-order valence-electron chi connectivity index (χ0n) is 10.0. The van der Waals surface area contributed by atoms with Gasteiger partial charge in [-0.1, -0.05) is 0 Å². The summed E-state index contributed by atoms with van der Waals surface area (Å²) >= 11 is 0. The van der Waals surface area contributed by atoms with Gasteiger partial charge in [-0.05, 0) is 24.3 Å². The molecule has 0 aromatic heterocycles. The molecule has 0 spiro atoms. The summed E-state index contributed by atoms with van der Waals surface area (Å²) in [6, 6.07) is 5.57. The quantitative estimate of drug-likeness (QED) is 0.630. The van der Waals surface area contributed by atoms with Gasteiger partial charge in [-0.2, -0.15) is 0 Å². The van der Waals surface area contributed by atoms with E-state index in [1.165, 1.54) is 31.2 Å². The maximum Gasteiger partial charge on any atom is 0.264 e. The van der Waals surface area contributed by atoms with Crippen LogP contribution in [0.5, 0.6) is 0 Å². The lowest BCUT2D eigenvalue weighted by molar-refractivity contribution is -0.117. The molecular weight excluding hydrogens is 258 g/mol. The summed E-state index contributed by atoms with van der Waals surface area (Å²) in [5.41, 5.74) is 10.3. The van der Waals surface area contributed by atoms with Crippen LogP contribution < -0.4 is 16.2 Å². The fourth-order valence-corrected chi connectivity index (χ4v) is 1.89. The summed E-state index contributed by atoms with van der Waals surface area (Å²) in [6.45, 7) is 2.44. The summed E-state index contributed by atoms with van der Waals surface area (Å²) in [6.07, 6.45) is 0. The molecule has 0 bridgehead atoms. The Morgan fingerprint density at radius 1 is 1.11 bits per heavy atom. The minimum Gasteiger partial charge on any atom is -0.399 e. The molecule has 7 nitrogen and oxygen atoms in total. The number of carbonyl (C=O) groups excluding carboxylic acids is 2. The third-order valence-corrected chi connectivity index (χ3v) is 2.92. The number of amides is 2. The Hall–Kier alpha value is -2.09. The van der Waals surface area contributed by atoms with E-state index < -0.39 is 15.9 Å². The number of rotatable bonds is 2. The van der Waals surface area contributed by atoms with Crippen LogP contribution in [0.25, 0.3) is 0 Å². The van der Waals surface area contributed by atoms with Crippen LogP contribution in [-0.2, 0) is 19.6 Å². The first-order valence-corrected chi connectivity index (χ1v) is 6.28. The number of anilines is 1. The Morgan fingerprint density at radius 3 is 1.83 bits per heavy atom. The van der Waals surface area contributed by atoms with Crippen molar-refractivity contribution in [3.63, 3.8) is 0 Å². The standard InChI is InChI=1S/C8H10N2O3S.C2H5NO/c1-6(11)10-14(12,13)8-4-2-7(9)3-5-8;1-2(3)4/h2-5H,9H2,1H3,(H,10,11);1H3,(H2,3,4). The van der Waals surface area contributed by atoms with Gasteiger partial charge in [0.1, 0.15) is 0 Å². The van der Waals surface area contributed by atoms with Gasteiger partial charge in [-0.15, -0.1) is 0 Å². The Balaban J connectivity index is 0.000000631. The number of nitrogen functional groups attached to an aromatic ring is 1. The Kier molecular flexibility index (Phi) is 5.83. The first-order chi connectivity index (χ1) is 8.15. The van der Waals surface area contributed by atoms with Gasteiger partial charge >= 0.3 is 0 Å². The van der Waals surface area contributed by atoms with Crippen molar-refractivity contribution in [2.45, 2.75) is 18.7 Å². The lowest BCUT2D eigenvalue weighted by Gasteiger charge is -2.04. The average Bonchev–Trinajstić information content (AvgIpc) is 2.15. The van der Waals surface area contributed by atoms with E-state index in [4.69, 9.17) is 5.73 Å². The van der Waals surface area contributed by atoms with E-state index in [9.17, 15) is 18.0 Å². The van der Waals surface area contributed by atoms with Gasteiger partial charge in [-0.25, -0.2) is 13.1 Å². The van der Waals surface area contributed by atoms with Crippen LogP contribution in [-0.4, -0.2) is 20.2 Å². The summed E-state index contributed by atoms with van der Waals surface area (Å²) in [7, 11) is -3.73. The van der Waals surface area contributed by atoms with Crippen molar-refractivity contribution in [3.05, 3.63) is 24.3 Å². The van der Waals surface area contributed by atoms with Gasteiger partial charge < -0.3 is 11.5 Å². The smallest absolute Gasteiger partial charge is 0.264 e. The van der Waals surface area contributed by atoms with Crippen LogP contribution in [0.4, 0.5) is 5.69 Å². The van der Waals surface area contributed by atoms with E-state index in [0.29, 0.717) is 5.69 Å². The molecule has 0 radical (unpaired) electrons. The molecule has 18 heavy (non-hydrogen) atoms. The van der Waals surface area contributed by atoms with Crippen molar-refractivity contribution in [3.8, 4) is 0 Å². The van der Waals surface area contributed by atoms with Crippen LogP contribution >= 0.6 is 0 Å². The monoisotopic (exact) mass is 273 g/mol. The molecule has 1 aromatic rings. The second-order valence-corrected chi connectivity index (χ2v) is 5.02. The zero-order valence-corrected chi connectivity index (χ0v) is 10.8. The summed E-state index contributed by atoms with van der Waals surface area (Å²) < 4.78 is 24.6. The van der Waals surface area contributed by atoms with Crippen molar-refractivity contribution in [2.24, 2.45) is 5.73 Å². The number of benzene rings is 1. The number of hydrogen-bond acceptors (Lipinski definition) is 5. The molecule has 0 heterocycles. The number of hydrogen-bond donors (Lipinski definition) is 3. The van der Waals surface area contributed by atoms with Crippen LogP contribution in [0.15, 0.2) is 29.2 Å². The molecule has 0 saturated heterocycles. The SMILES string of the molecule is CC(=O)NS(=O)(=O)c1ccc(N)cc1.CC(N)=O. The van der Waals surface area contributed by atoms with Crippen LogP contribution in [0, 0.1) is 0 Å². The fraction of sp³-hybridized carbons (Fsp3) is 0.200. The first kappa shape index (κ1) is 15.9. The molecule has 0 unspecified atom stereocenters. The normalized spacial score (nSPS) is 9.89. The van der Waals surface area contributed by atoms with Crippen molar-refractivity contribution < 1.29 is 18.0 Å². The molecule has 1 rings (SSSR count). The second-order valence-electron chi connectivity index (χ2n) is 3.34. The molecule has 100 valence electrons. The molecule has 0 aliphatic carbocycles. The highest BCUT2D eigenvalue weighted by atomic mass is 32.2. The van der Waals surface area contributed by atoms with Crippen molar-refractivity contribution in [1.82, 2.24) is 4.72 Å². The molecule has 0 atom stereocenters. The van der Waals surface area contributed by atoms with Crippen molar-refractivity contribution >= 4 is 27.5 Å². The van der Waals surface area contributed by atoms with Gasteiger partial charge in [0.25, 0.3) is 10.0 Å². The molecule has 0 saturated carbocycles. The third kappa shape index (κ3) is 6.48. The van der Waals surface area contributed by atoms with Crippen LogP contribution in [0.3, 0.4) is 0 Å². The van der Waals surface area contributed by atoms with Crippen LogP contribution in [0.2, 0.25) is 0 Å². The van der Waals surface area contributed by atoms with Gasteiger partial charge in [0.15, 0.2) is 0 Å². The highest BCUT2D eigenvalue weighted by Crippen LogP contribution is 2.10. The fourth-order valence-electron chi connectivity index (χ4n) is 0.895. The first-order valence-electron chi connectivity index (χ1n) is 4.80. The van der Waals surface area contributed by atoms with Gasteiger partial charge in [-0.3, -0.25) is 9.59 Å². The van der Waals surface area contributed by atoms with Crippen molar-refractivity contribution in [2.75, 3.05) is 5.73 Å². The van der Waals surface area contributed by atoms with Gasteiger partial charge in [0.05, 0.1) is 4.90 Å². The lowest BCUT2D eigenvalue weighted by atomic mass is 10.3. The summed E-state index contributed by atoms with van der Waals surface area (Å²) in [5, 5.41) is 0. The number of primary amides is 1. The molecule has 1 aromatic carbocycles. The van der Waals surface area contributed by atoms with Gasteiger partial charge in [0.2, 0.25) is 11.8 Å². The third-order valence-electron chi connectivity index (χ3n) is 1.47. The highest BCUT2D eigenvalue weighted by molar-refractivity contribution is 7.90. The molecule has 8 heteroatoms. The predicted molar refractivity (Wildman–Crippen MR) is 66.7 cm³/mol. The Labute approximate surface area is 105 Å². The minimum absolute atomic E-state index is 0.0156. The molecule has 0 aliphatic heterocycles. The molecular formula is C10H15N3O4S. The van der Waals surface area contributed by atoms with E-state index in [1.807, 2.05) is 4.72 Å². The predicted octanol–water partition coefficient (Wildman–Crippen LogP) is -0.415. The van der Waals surface area contributed by atoms with Crippen molar-refractivity contribution in [1.29, 1.82) is 0 Å². The van der Waals surface area contributed by atoms with E-state index in [-0.39, 0.29) is 10.8 Å². The average molecular weight is 273 g/mol. The minimum atomic E-state index is -3.73. The van der Waals surface area contributed by atoms with Gasteiger partial charge in [0, 0.05) is 19.5 Å². The van der Waals surface area contributed by atoms with E-state index in [2.05, 4.69) is 5.73 Å². The Bertz CT molecular complexity index is 519. The molecule has 5 N–H and O–H groups in total. The van der Waals surface area contributed by atoms with E-state index in [1.54, 1.807) is 0 Å². The number of carbonyl (C=O) groups is 2. The lowest BCUT2D eigenvalue weighted by Crippen LogP contribution is -2.28. The number of sulfonamides is 1. The molecule has 0 fully saturated rings. The maximum absolute atomic E-state index is 11.4. The topological polar surface area (TPSA) is 132 Å². The largest absolute Gasteiger partial charge is 0.399 e.